The van der Waals surface area contributed by atoms with E-state index >= 15 is 0 Å². The molecule has 1 N–H and O–H groups in total. The average molecular weight is 518 g/mol. The lowest BCUT2D eigenvalue weighted by Crippen LogP contribution is -3.00. The maximum atomic E-state index is 3.56. The Morgan fingerprint density at radius 1 is 0.905 bits per heavy atom. The molecule has 0 amide bonds. The summed E-state index contributed by atoms with van der Waals surface area (Å²) in [5, 5.41) is 2.46. The third-order valence-corrected chi connectivity index (χ3v) is 4.73. The maximum absolute atomic E-state index is 3.56. The van der Waals surface area contributed by atoms with Gasteiger partial charge in [-0.25, -0.2) is 0 Å². The van der Waals surface area contributed by atoms with Crippen molar-refractivity contribution in [2.24, 2.45) is 7.05 Å². The molecule has 0 fully saturated rings. The number of nitrogens with one attached hydrogen (secondary N) is 1. The SMILES string of the molecule is C[n+]1c2ccc(Br)cc2cc2[nH]c3ccc(Br)cc3c21.[I-]. The van der Waals surface area contributed by atoms with Crippen LogP contribution in [0.1, 0.15) is 0 Å². The molecule has 0 unspecified atom stereocenters. The van der Waals surface area contributed by atoms with Crippen LogP contribution in [0.4, 0.5) is 0 Å². The maximum Gasteiger partial charge on any atom is 0.238 e. The third kappa shape index (κ3) is 2.39. The first-order valence-corrected chi connectivity index (χ1v) is 7.91. The second-order valence-electron chi connectivity index (χ2n) is 4.98. The molecule has 4 rings (SSSR count). The fourth-order valence-corrected chi connectivity index (χ4v) is 3.60. The van der Waals surface area contributed by atoms with Gasteiger partial charge >= 0.3 is 0 Å². The predicted molar refractivity (Wildman–Crippen MR) is 89.9 cm³/mol. The van der Waals surface area contributed by atoms with E-state index in [1.165, 1.54) is 21.8 Å². The zero-order valence-corrected chi connectivity index (χ0v) is 16.5. The van der Waals surface area contributed by atoms with E-state index in [2.05, 4.69) is 90.9 Å². The van der Waals surface area contributed by atoms with E-state index in [4.69, 9.17) is 0 Å². The Hall–Kier alpha value is -0.660. The van der Waals surface area contributed by atoms with Crippen molar-refractivity contribution in [3.05, 3.63) is 51.4 Å². The number of benzene rings is 2. The first-order valence-electron chi connectivity index (χ1n) is 6.33. The number of pyridine rings is 1. The standard InChI is InChI=1S/C16H10Br2N2.HI/c1-20-15-5-3-10(17)6-9(15)7-14-16(20)12-8-11(18)2-4-13(12)19-14;/h2-8H,1H3;1H. The minimum absolute atomic E-state index is 0. The molecule has 0 radical (unpaired) electrons. The van der Waals surface area contributed by atoms with Crippen molar-refractivity contribution in [2.75, 3.05) is 0 Å². The van der Waals surface area contributed by atoms with Crippen molar-refractivity contribution < 1.29 is 28.5 Å². The first kappa shape index (κ1) is 15.2. The summed E-state index contributed by atoms with van der Waals surface area (Å²) in [6.07, 6.45) is 0. The van der Waals surface area contributed by atoms with Crippen LogP contribution in [0.25, 0.3) is 32.8 Å². The van der Waals surface area contributed by atoms with E-state index < -0.39 is 0 Å². The molecule has 2 heterocycles. The highest BCUT2D eigenvalue weighted by atomic mass is 127. The van der Waals surface area contributed by atoms with Crippen molar-refractivity contribution in [3.63, 3.8) is 0 Å². The molecule has 0 aliphatic carbocycles. The fraction of sp³-hybridized carbons (Fsp3) is 0.0625. The quantitative estimate of drug-likeness (QED) is 0.271. The molecule has 2 aromatic carbocycles. The highest BCUT2D eigenvalue weighted by molar-refractivity contribution is 9.10. The van der Waals surface area contributed by atoms with Gasteiger partial charge < -0.3 is 29.0 Å². The average Bonchev–Trinajstić information content (AvgIpc) is 2.76. The van der Waals surface area contributed by atoms with Gasteiger partial charge in [0.1, 0.15) is 12.6 Å². The molecule has 21 heavy (non-hydrogen) atoms. The zero-order valence-electron chi connectivity index (χ0n) is 11.1. The number of aromatic nitrogens is 2. The van der Waals surface area contributed by atoms with Gasteiger partial charge in [-0.2, -0.15) is 4.57 Å². The number of aryl methyl sites for hydroxylation is 1. The third-order valence-electron chi connectivity index (χ3n) is 3.75. The van der Waals surface area contributed by atoms with E-state index in [9.17, 15) is 0 Å². The van der Waals surface area contributed by atoms with Crippen molar-refractivity contribution in [2.45, 2.75) is 0 Å². The normalized spacial score (nSPS) is 11.2. The second kappa shape index (κ2) is 5.52. The van der Waals surface area contributed by atoms with Crippen LogP contribution in [0.3, 0.4) is 0 Å². The smallest absolute Gasteiger partial charge is 0.238 e. The highest BCUT2D eigenvalue weighted by Gasteiger charge is 2.17. The van der Waals surface area contributed by atoms with Gasteiger partial charge in [0.05, 0.1) is 10.9 Å². The molecule has 0 aliphatic rings. The summed E-state index contributed by atoms with van der Waals surface area (Å²) in [6.45, 7) is 0. The first-order chi connectivity index (χ1) is 9.63. The van der Waals surface area contributed by atoms with Gasteiger partial charge in [-0.15, -0.1) is 0 Å². The summed E-state index contributed by atoms with van der Waals surface area (Å²) in [6, 6.07) is 14.9. The number of fused-ring (bicyclic) bond motifs is 4. The Balaban J connectivity index is 0.00000132. The summed E-state index contributed by atoms with van der Waals surface area (Å²) >= 11 is 7.10. The Kier molecular flexibility index (Phi) is 4.00. The summed E-state index contributed by atoms with van der Waals surface area (Å²) < 4.78 is 4.45. The van der Waals surface area contributed by atoms with Gasteiger partial charge in [0.25, 0.3) is 0 Å². The topological polar surface area (TPSA) is 19.7 Å². The lowest BCUT2D eigenvalue weighted by molar-refractivity contribution is -0.616. The minimum atomic E-state index is 0. The van der Waals surface area contributed by atoms with Gasteiger partial charge in [-0.05, 0) is 36.4 Å². The fourth-order valence-electron chi connectivity index (χ4n) is 2.86. The minimum Gasteiger partial charge on any atom is -1.00 e. The van der Waals surface area contributed by atoms with E-state index in [0.717, 1.165) is 20.0 Å². The number of hydrogen-bond acceptors (Lipinski definition) is 0. The molecule has 2 nitrogen and oxygen atoms in total. The molecule has 5 heteroatoms. The van der Waals surface area contributed by atoms with Crippen LogP contribution >= 0.6 is 31.9 Å². The van der Waals surface area contributed by atoms with Crippen molar-refractivity contribution in [1.29, 1.82) is 0 Å². The van der Waals surface area contributed by atoms with E-state index in [1.807, 2.05) is 0 Å². The summed E-state index contributed by atoms with van der Waals surface area (Å²) in [5.74, 6) is 0. The van der Waals surface area contributed by atoms with Gasteiger partial charge in [0, 0.05) is 20.4 Å². The van der Waals surface area contributed by atoms with Gasteiger partial charge in [-0.1, -0.05) is 31.9 Å². The summed E-state index contributed by atoms with van der Waals surface area (Å²) in [5.41, 5.74) is 4.78. The largest absolute Gasteiger partial charge is 1.00 e. The molecule has 0 spiro atoms. The molecule has 0 atom stereocenters. The molecule has 2 aromatic heterocycles. The molecular weight excluding hydrogens is 507 g/mol. The summed E-state index contributed by atoms with van der Waals surface area (Å²) in [7, 11) is 2.12. The highest BCUT2D eigenvalue weighted by Crippen LogP contribution is 2.28. The number of aromatic amines is 1. The van der Waals surface area contributed by atoms with Crippen LogP contribution < -0.4 is 28.5 Å². The Labute approximate surface area is 155 Å². The second-order valence-corrected chi connectivity index (χ2v) is 6.82. The molecule has 4 aromatic rings. The van der Waals surface area contributed by atoms with E-state index in [-0.39, 0.29) is 24.0 Å². The van der Waals surface area contributed by atoms with Crippen LogP contribution in [-0.4, -0.2) is 4.98 Å². The molecule has 106 valence electrons. The molecule has 0 aliphatic heterocycles. The summed E-state index contributed by atoms with van der Waals surface area (Å²) in [4.78, 5) is 3.50. The predicted octanol–water partition coefficient (Wildman–Crippen LogP) is 1.83. The lowest BCUT2D eigenvalue weighted by atomic mass is 10.1. The van der Waals surface area contributed by atoms with Gasteiger partial charge in [0.15, 0.2) is 0 Å². The number of hydrogen-bond donors (Lipinski definition) is 1. The monoisotopic (exact) mass is 516 g/mol. The number of rotatable bonds is 0. The molecule has 0 bridgehead atoms. The number of halogens is 3. The molecule has 0 saturated heterocycles. The molecule has 0 saturated carbocycles. The Morgan fingerprint density at radius 2 is 1.62 bits per heavy atom. The Bertz CT molecular complexity index is 992. The van der Waals surface area contributed by atoms with Crippen LogP contribution in [0.2, 0.25) is 0 Å². The Morgan fingerprint density at radius 3 is 2.43 bits per heavy atom. The van der Waals surface area contributed by atoms with Crippen LogP contribution in [-0.2, 0) is 7.05 Å². The lowest BCUT2D eigenvalue weighted by Gasteiger charge is -1.99. The number of H-pyrrole nitrogens is 1. The van der Waals surface area contributed by atoms with Gasteiger partial charge in [-0.3, -0.25) is 0 Å². The zero-order chi connectivity index (χ0) is 13.9. The molecular formula is C16H11Br2IN2. The van der Waals surface area contributed by atoms with Crippen molar-refractivity contribution in [1.82, 2.24) is 4.98 Å². The van der Waals surface area contributed by atoms with Gasteiger partial charge in [0.2, 0.25) is 11.0 Å². The van der Waals surface area contributed by atoms with E-state index in [1.54, 1.807) is 0 Å². The van der Waals surface area contributed by atoms with E-state index in [0.29, 0.717) is 0 Å². The van der Waals surface area contributed by atoms with Crippen LogP contribution in [0.5, 0.6) is 0 Å². The van der Waals surface area contributed by atoms with Crippen LogP contribution in [0, 0.1) is 0 Å². The van der Waals surface area contributed by atoms with Crippen LogP contribution in [0.15, 0.2) is 51.4 Å². The van der Waals surface area contributed by atoms with Crippen molar-refractivity contribution >= 4 is 64.7 Å². The number of nitrogens with zero attached hydrogens (tertiary/aromatic N) is 1. The van der Waals surface area contributed by atoms with Crippen molar-refractivity contribution in [3.8, 4) is 0 Å².